The van der Waals surface area contributed by atoms with Crippen molar-refractivity contribution in [3.63, 3.8) is 0 Å². The highest BCUT2D eigenvalue weighted by Gasteiger charge is 2.60. The molecule has 0 bridgehead atoms. The number of hydrogen-bond acceptors (Lipinski definition) is 4. The highest BCUT2D eigenvalue weighted by Crippen LogP contribution is 2.55. The molecule has 0 saturated heterocycles. The third-order valence-corrected chi connectivity index (χ3v) is 6.78. The summed E-state index contributed by atoms with van der Waals surface area (Å²) in [4.78, 5) is 0. The molecule has 0 amide bonds. The van der Waals surface area contributed by atoms with Crippen molar-refractivity contribution in [1.82, 2.24) is 14.6 Å². The number of rotatable bonds is 5. The van der Waals surface area contributed by atoms with Gasteiger partial charge >= 0.3 is 6.18 Å². The Morgan fingerprint density at radius 1 is 1.03 bits per heavy atom. The van der Waals surface area contributed by atoms with Crippen molar-refractivity contribution in [3.8, 4) is 5.75 Å². The van der Waals surface area contributed by atoms with Crippen molar-refractivity contribution in [1.29, 1.82) is 0 Å². The number of halogens is 6. The van der Waals surface area contributed by atoms with Crippen molar-refractivity contribution in [3.05, 3.63) is 59.3 Å². The third-order valence-electron chi connectivity index (χ3n) is 6.78. The minimum Gasteiger partial charge on any atom is -0.490 e. The number of methoxy groups -OCH3 is 1. The van der Waals surface area contributed by atoms with E-state index in [4.69, 9.17) is 9.47 Å². The minimum atomic E-state index is -4.83. The molecule has 0 unspecified atom stereocenters. The fourth-order valence-corrected chi connectivity index (χ4v) is 4.77. The molecule has 2 aliphatic carbocycles. The van der Waals surface area contributed by atoms with Crippen LogP contribution in [0.4, 0.5) is 26.3 Å². The number of alkyl halides is 5. The molecule has 1 aromatic carbocycles. The number of aromatic nitrogens is 3. The predicted molar refractivity (Wildman–Crippen MR) is 108 cm³/mol. The summed E-state index contributed by atoms with van der Waals surface area (Å²) in [5, 5.41) is 7.20. The van der Waals surface area contributed by atoms with Gasteiger partial charge in [-0.05, 0) is 49.4 Å². The number of ether oxygens (including phenoxy) is 2. The first-order valence-corrected chi connectivity index (χ1v) is 10.8. The van der Waals surface area contributed by atoms with E-state index in [1.54, 1.807) is 19.2 Å². The van der Waals surface area contributed by atoms with E-state index in [9.17, 15) is 26.3 Å². The SMILES string of the molecule is CO[C@]1(c2ccc(F)cc2)CC[C@H](Oc2ccn3c([C@H]4CC4(F)F)nnc3c2C(F)(F)F)CC1. The monoisotopic (exact) mass is 485 g/mol. The molecular weight excluding hydrogens is 464 g/mol. The predicted octanol–water partition coefficient (Wildman–Crippen LogP) is 5.87. The number of fused-ring (bicyclic) bond motifs is 1. The topological polar surface area (TPSA) is 48.7 Å². The molecule has 2 aromatic heterocycles. The van der Waals surface area contributed by atoms with E-state index in [0.29, 0.717) is 25.7 Å². The first kappa shape index (κ1) is 22.9. The lowest BCUT2D eigenvalue weighted by Crippen LogP contribution is -2.37. The Morgan fingerprint density at radius 3 is 2.24 bits per heavy atom. The first-order chi connectivity index (χ1) is 16.0. The molecule has 0 radical (unpaired) electrons. The van der Waals surface area contributed by atoms with Crippen molar-refractivity contribution >= 4 is 5.65 Å². The Hall–Kier alpha value is -2.82. The molecule has 2 fully saturated rings. The van der Waals surface area contributed by atoms with E-state index in [1.165, 1.54) is 18.3 Å². The van der Waals surface area contributed by atoms with E-state index < -0.39 is 53.1 Å². The van der Waals surface area contributed by atoms with Gasteiger partial charge in [0.1, 0.15) is 23.0 Å². The molecule has 5 nitrogen and oxygen atoms in total. The van der Waals surface area contributed by atoms with E-state index >= 15 is 0 Å². The molecule has 3 aromatic rings. The maximum Gasteiger partial charge on any atom is 0.423 e. The first-order valence-electron chi connectivity index (χ1n) is 10.8. The Kier molecular flexibility index (Phi) is 5.30. The van der Waals surface area contributed by atoms with E-state index in [0.717, 1.165) is 16.0 Å². The molecule has 5 rings (SSSR count). The summed E-state index contributed by atoms with van der Waals surface area (Å²) in [7, 11) is 1.55. The second-order valence-corrected chi connectivity index (χ2v) is 8.84. The van der Waals surface area contributed by atoms with Gasteiger partial charge in [-0.25, -0.2) is 13.2 Å². The summed E-state index contributed by atoms with van der Waals surface area (Å²) >= 11 is 0. The summed E-state index contributed by atoms with van der Waals surface area (Å²) in [5.74, 6) is -5.22. The average molecular weight is 485 g/mol. The standard InChI is InChI=1S/C23H21F6N3O2/c1-33-21(13-2-4-14(24)5-3-13)9-6-15(7-10-21)34-17-8-11-32-19(16-12-22(16,25)26)30-31-20(32)18(17)23(27,28)29/h2-5,8,11,15-16H,6-7,9-10,12H2,1H3/t15-,16-,21+/m1/s1. The van der Waals surface area contributed by atoms with Crippen LogP contribution in [0.5, 0.6) is 5.75 Å². The summed E-state index contributed by atoms with van der Waals surface area (Å²) in [5.41, 5.74) is -1.59. The van der Waals surface area contributed by atoms with Crippen LogP contribution in [-0.4, -0.2) is 33.7 Å². The summed E-state index contributed by atoms with van der Waals surface area (Å²) in [6.45, 7) is 0. The Morgan fingerprint density at radius 2 is 1.68 bits per heavy atom. The summed E-state index contributed by atoms with van der Waals surface area (Å²) in [6, 6.07) is 7.09. The van der Waals surface area contributed by atoms with E-state index in [2.05, 4.69) is 10.2 Å². The second-order valence-electron chi connectivity index (χ2n) is 8.84. The summed E-state index contributed by atoms with van der Waals surface area (Å²) < 4.78 is 94.7. The van der Waals surface area contributed by atoms with Gasteiger partial charge in [0.15, 0.2) is 5.65 Å². The fraction of sp³-hybridized carbons (Fsp3) is 0.478. The molecule has 34 heavy (non-hydrogen) atoms. The maximum absolute atomic E-state index is 14.0. The zero-order valence-electron chi connectivity index (χ0n) is 18.1. The molecule has 2 saturated carbocycles. The van der Waals surface area contributed by atoms with Crippen molar-refractivity contribution < 1.29 is 35.8 Å². The van der Waals surface area contributed by atoms with Crippen LogP contribution in [0.25, 0.3) is 5.65 Å². The molecule has 11 heteroatoms. The second kappa shape index (κ2) is 7.86. The zero-order chi connectivity index (χ0) is 24.3. The number of hydrogen-bond donors (Lipinski definition) is 0. The lowest BCUT2D eigenvalue weighted by atomic mass is 9.78. The van der Waals surface area contributed by atoms with Gasteiger partial charge in [0.05, 0.1) is 17.6 Å². The highest BCUT2D eigenvalue weighted by molar-refractivity contribution is 5.57. The third kappa shape index (κ3) is 3.89. The van der Waals surface area contributed by atoms with Gasteiger partial charge < -0.3 is 9.47 Å². The molecule has 1 atom stereocenters. The normalized spacial score (nSPS) is 26.6. The molecule has 0 N–H and O–H groups in total. The van der Waals surface area contributed by atoms with Crippen LogP contribution in [0.1, 0.15) is 55.0 Å². The Labute approximate surface area is 190 Å². The van der Waals surface area contributed by atoms with Gasteiger partial charge in [-0.2, -0.15) is 13.2 Å². The average Bonchev–Trinajstić information content (AvgIpc) is 3.22. The lowest BCUT2D eigenvalue weighted by Gasteiger charge is -2.39. The Balaban J connectivity index is 1.39. The van der Waals surface area contributed by atoms with Crippen molar-refractivity contribution in [2.24, 2.45) is 0 Å². The van der Waals surface area contributed by atoms with Crippen LogP contribution in [0, 0.1) is 5.82 Å². The van der Waals surface area contributed by atoms with Crippen LogP contribution < -0.4 is 4.74 Å². The minimum absolute atomic E-state index is 0.195. The van der Waals surface area contributed by atoms with Crippen LogP contribution in [0.2, 0.25) is 0 Å². The van der Waals surface area contributed by atoms with Gasteiger partial charge in [0.25, 0.3) is 5.92 Å². The molecule has 0 aliphatic heterocycles. The number of benzene rings is 1. The van der Waals surface area contributed by atoms with Crippen molar-refractivity contribution in [2.45, 2.75) is 61.8 Å². The molecule has 2 aliphatic rings. The van der Waals surface area contributed by atoms with Crippen LogP contribution in [0.3, 0.4) is 0 Å². The molecular formula is C23H21F6N3O2. The van der Waals surface area contributed by atoms with Gasteiger partial charge in [0.2, 0.25) is 0 Å². The van der Waals surface area contributed by atoms with E-state index in [1.807, 2.05) is 0 Å². The number of pyridine rings is 1. The summed E-state index contributed by atoms with van der Waals surface area (Å²) in [6.07, 6.45) is -2.84. The van der Waals surface area contributed by atoms with Crippen LogP contribution in [-0.2, 0) is 16.5 Å². The fourth-order valence-electron chi connectivity index (χ4n) is 4.77. The van der Waals surface area contributed by atoms with Crippen molar-refractivity contribution in [2.75, 3.05) is 7.11 Å². The van der Waals surface area contributed by atoms with Gasteiger partial charge in [-0.15, -0.1) is 10.2 Å². The zero-order valence-corrected chi connectivity index (χ0v) is 18.1. The van der Waals surface area contributed by atoms with Gasteiger partial charge in [-0.3, -0.25) is 4.40 Å². The smallest absolute Gasteiger partial charge is 0.423 e. The molecule has 182 valence electrons. The van der Waals surface area contributed by atoms with Gasteiger partial charge in [0, 0.05) is 19.7 Å². The quantitative estimate of drug-likeness (QED) is 0.424. The lowest BCUT2D eigenvalue weighted by molar-refractivity contribution is -0.138. The highest BCUT2D eigenvalue weighted by atomic mass is 19.4. The maximum atomic E-state index is 14.0. The van der Waals surface area contributed by atoms with E-state index in [-0.39, 0.29) is 11.6 Å². The number of nitrogens with zero attached hydrogens (tertiary/aromatic N) is 3. The molecule has 0 spiro atoms. The van der Waals surface area contributed by atoms with Crippen LogP contribution in [0.15, 0.2) is 36.5 Å². The Bertz CT molecular complexity index is 1200. The van der Waals surface area contributed by atoms with Crippen LogP contribution >= 0.6 is 0 Å². The van der Waals surface area contributed by atoms with Gasteiger partial charge in [-0.1, -0.05) is 12.1 Å². The molecule has 2 heterocycles. The largest absolute Gasteiger partial charge is 0.490 e.